The first-order valence-electron chi connectivity index (χ1n) is 4.45. The summed E-state index contributed by atoms with van der Waals surface area (Å²) in [5, 5.41) is 28.3. The molecule has 0 aliphatic heterocycles. The number of aliphatic carboxylic acids is 2. The Morgan fingerprint density at radius 1 is 1.33 bits per heavy atom. The summed E-state index contributed by atoms with van der Waals surface area (Å²) in [6.07, 6.45) is 0. The Balaban J connectivity index is 4.03. The summed E-state index contributed by atoms with van der Waals surface area (Å²) < 4.78 is 0. The lowest BCUT2D eigenvalue weighted by atomic mass is 10.0. The summed E-state index contributed by atoms with van der Waals surface area (Å²) in [5.74, 6) is -2.75. The highest BCUT2D eigenvalue weighted by molar-refractivity contribution is 5.74. The molecule has 0 rings (SSSR count). The van der Waals surface area contributed by atoms with Crippen LogP contribution in [0.5, 0.6) is 0 Å². The number of rotatable bonds is 7. The van der Waals surface area contributed by atoms with Gasteiger partial charge >= 0.3 is 11.9 Å². The molecule has 7 nitrogen and oxygen atoms in total. The van der Waals surface area contributed by atoms with Crippen molar-refractivity contribution in [2.75, 3.05) is 13.2 Å². The summed E-state index contributed by atoms with van der Waals surface area (Å²) in [4.78, 5) is 20.9. The van der Waals surface area contributed by atoms with E-state index in [4.69, 9.17) is 21.1 Å². The molecule has 0 aliphatic carbocycles. The fourth-order valence-electron chi connectivity index (χ4n) is 0.928. The molecule has 0 saturated carbocycles. The molecule has 0 amide bonds. The maximum atomic E-state index is 10.5. The van der Waals surface area contributed by atoms with Gasteiger partial charge in [-0.2, -0.15) is 0 Å². The molecule has 0 aromatic heterocycles. The Hall–Kier alpha value is -1.18. The first-order valence-corrected chi connectivity index (χ1v) is 4.45. The molecule has 0 heterocycles. The van der Waals surface area contributed by atoms with Crippen molar-refractivity contribution in [3.05, 3.63) is 0 Å². The number of hydrogen-bond acceptors (Lipinski definition) is 5. The van der Waals surface area contributed by atoms with E-state index in [1.54, 1.807) is 6.92 Å². The molecule has 3 atom stereocenters. The Morgan fingerprint density at radius 2 is 1.87 bits per heavy atom. The van der Waals surface area contributed by atoms with Crippen LogP contribution in [0.15, 0.2) is 0 Å². The topological polar surface area (TPSA) is 133 Å². The molecule has 0 aliphatic rings. The van der Waals surface area contributed by atoms with Gasteiger partial charge in [0.25, 0.3) is 0 Å². The fraction of sp³-hybridized carbons (Fsp3) is 0.750. The zero-order valence-electron chi connectivity index (χ0n) is 8.38. The zero-order chi connectivity index (χ0) is 12.0. The van der Waals surface area contributed by atoms with Crippen molar-refractivity contribution in [1.29, 1.82) is 0 Å². The summed E-state index contributed by atoms with van der Waals surface area (Å²) in [6.45, 7) is 1.15. The molecule has 0 bridgehead atoms. The van der Waals surface area contributed by atoms with E-state index in [0.717, 1.165) is 0 Å². The van der Waals surface area contributed by atoms with Gasteiger partial charge in [-0.3, -0.25) is 9.59 Å². The van der Waals surface area contributed by atoms with Gasteiger partial charge in [-0.05, 0) is 5.92 Å². The quantitative estimate of drug-likeness (QED) is 0.337. The number of hydrogen-bond donors (Lipinski definition) is 5. The van der Waals surface area contributed by atoms with Crippen LogP contribution < -0.4 is 11.1 Å². The Morgan fingerprint density at radius 3 is 2.20 bits per heavy atom. The SMILES string of the molecule is CC(CN[C@@H](CO)C(=O)O)[C@H](N)C(=O)O. The summed E-state index contributed by atoms with van der Waals surface area (Å²) in [5.41, 5.74) is 5.31. The van der Waals surface area contributed by atoms with Crippen LogP contribution in [0.4, 0.5) is 0 Å². The van der Waals surface area contributed by atoms with Crippen LogP contribution in [0.3, 0.4) is 0 Å². The number of nitrogens with two attached hydrogens (primary N) is 1. The molecular weight excluding hydrogens is 204 g/mol. The maximum absolute atomic E-state index is 10.5. The van der Waals surface area contributed by atoms with Gasteiger partial charge in [0.2, 0.25) is 0 Å². The van der Waals surface area contributed by atoms with Crippen LogP contribution in [-0.4, -0.2) is 52.5 Å². The van der Waals surface area contributed by atoms with Crippen LogP contribution in [-0.2, 0) is 9.59 Å². The smallest absolute Gasteiger partial charge is 0.323 e. The second-order valence-electron chi connectivity index (χ2n) is 3.32. The molecule has 88 valence electrons. The van der Waals surface area contributed by atoms with E-state index < -0.39 is 36.5 Å². The third kappa shape index (κ3) is 4.73. The van der Waals surface area contributed by atoms with Gasteiger partial charge in [0, 0.05) is 6.54 Å². The Labute approximate surface area is 86.9 Å². The molecule has 0 radical (unpaired) electrons. The lowest BCUT2D eigenvalue weighted by Gasteiger charge is -2.19. The van der Waals surface area contributed by atoms with Crippen LogP contribution in [0.25, 0.3) is 0 Å². The molecule has 1 unspecified atom stereocenters. The molecule has 0 spiro atoms. The van der Waals surface area contributed by atoms with E-state index in [1.165, 1.54) is 0 Å². The number of aliphatic hydroxyl groups is 1. The van der Waals surface area contributed by atoms with E-state index in [-0.39, 0.29) is 6.54 Å². The number of aliphatic hydroxyl groups excluding tert-OH is 1. The van der Waals surface area contributed by atoms with Crippen LogP contribution in [0, 0.1) is 5.92 Å². The Bertz CT molecular complexity index is 233. The number of carboxylic acids is 2. The van der Waals surface area contributed by atoms with Crippen LogP contribution in [0.1, 0.15) is 6.92 Å². The van der Waals surface area contributed by atoms with Gasteiger partial charge in [-0.15, -0.1) is 0 Å². The maximum Gasteiger partial charge on any atom is 0.323 e. The zero-order valence-corrected chi connectivity index (χ0v) is 8.38. The predicted octanol–water partition coefficient (Wildman–Crippen LogP) is -1.93. The molecule has 0 saturated heterocycles. The highest BCUT2D eigenvalue weighted by atomic mass is 16.4. The molecule has 15 heavy (non-hydrogen) atoms. The summed E-state index contributed by atoms with van der Waals surface area (Å²) >= 11 is 0. The van der Waals surface area contributed by atoms with Gasteiger partial charge in [-0.25, -0.2) is 0 Å². The Kier molecular flexibility index (Phi) is 5.83. The van der Waals surface area contributed by atoms with Crippen molar-refractivity contribution in [1.82, 2.24) is 5.32 Å². The molecule has 0 aromatic rings. The van der Waals surface area contributed by atoms with Crippen molar-refractivity contribution < 1.29 is 24.9 Å². The van der Waals surface area contributed by atoms with Gasteiger partial charge in [-0.1, -0.05) is 6.92 Å². The van der Waals surface area contributed by atoms with Crippen molar-refractivity contribution in [3.8, 4) is 0 Å². The van der Waals surface area contributed by atoms with Crippen LogP contribution in [0.2, 0.25) is 0 Å². The van der Waals surface area contributed by atoms with Gasteiger partial charge in [0.05, 0.1) is 6.61 Å². The third-order valence-corrected chi connectivity index (χ3v) is 2.07. The third-order valence-electron chi connectivity index (χ3n) is 2.07. The van der Waals surface area contributed by atoms with Crippen molar-refractivity contribution in [3.63, 3.8) is 0 Å². The van der Waals surface area contributed by atoms with E-state index in [9.17, 15) is 9.59 Å². The lowest BCUT2D eigenvalue weighted by Crippen LogP contribution is -2.47. The lowest BCUT2D eigenvalue weighted by molar-refractivity contribution is -0.140. The summed E-state index contributed by atoms with van der Waals surface area (Å²) in [7, 11) is 0. The predicted molar refractivity (Wildman–Crippen MR) is 51.3 cm³/mol. The second-order valence-corrected chi connectivity index (χ2v) is 3.32. The summed E-state index contributed by atoms with van der Waals surface area (Å²) in [6, 6.07) is -2.14. The minimum atomic E-state index is -1.19. The highest BCUT2D eigenvalue weighted by Gasteiger charge is 2.22. The number of carbonyl (C=O) groups is 2. The largest absolute Gasteiger partial charge is 0.480 e. The standard InChI is InChI=1S/C8H16N2O5/c1-4(6(9)8(14)15)2-10-5(3-11)7(12)13/h4-6,10-11H,2-3,9H2,1H3,(H,12,13)(H,14,15)/t4?,5-,6-/m0/s1. The monoisotopic (exact) mass is 220 g/mol. The average molecular weight is 220 g/mol. The molecular formula is C8H16N2O5. The highest BCUT2D eigenvalue weighted by Crippen LogP contribution is 1.99. The van der Waals surface area contributed by atoms with Gasteiger partial charge in [0.1, 0.15) is 12.1 Å². The molecule has 0 fully saturated rings. The van der Waals surface area contributed by atoms with Crippen molar-refractivity contribution in [2.24, 2.45) is 11.7 Å². The minimum absolute atomic E-state index is 0.116. The normalized spacial score (nSPS) is 16.7. The van der Waals surface area contributed by atoms with E-state index in [0.29, 0.717) is 0 Å². The second kappa shape index (κ2) is 6.33. The number of nitrogens with one attached hydrogen (secondary N) is 1. The van der Waals surface area contributed by atoms with Crippen LogP contribution >= 0.6 is 0 Å². The first-order chi connectivity index (χ1) is 6.90. The van der Waals surface area contributed by atoms with E-state index >= 15 is 0 Å². The average Bonchev–Trinajstić information content (AvgIpc) is 2.16. The first kappa shape index (κ1) is 13.8. The minimum Gasteiger partial charge on any atom is -0.480 e. The van der Waals surface area contributed by atoms with Crippen molar-refractivity contribution >= 4 is 11.9 Å². The van der Waals surface area contributed by atoms with Gasteiger partial charge in [0.15, 0.2) is 0 Å². The molecule has 6 N–H and O–H groups in total. The van der Waals surface area contributed by atoms with E-state index in [1.807, 2.05) is 0 Å². The number of carboxylic acid groups (broad SMARTS) is 2. The van der Waals surface area contributed by atoms with Crippen molar-refractivity contribution in [2.45, 2.75) is 19.0 Å². The molecule has 7 heteroatoms. The van der Waals surface area contributed by atoms with Gasteiger partial charge < -0.3 is 26.4 Å². The molecule has 0 aromatic carbocycles. The fourth-order valence-corrected chi connectivity index (χ4v) is 0.928. The van der Waals surface area contributed by atoms with E-state index in [2.05, 4.69) is 5.32 Å².